The Labute approximate surface area is 229 Å². The topological polar surface area (TPSA) is 135 Å². The van der Waals surface area contributed by atoms with Crippen LogP contribution in [0, 0.1) is 0 Å². The van der Waals surface area contributed by atoms with Gasteiger partial charge in [0.05, 0.1) is 13.1 Å². The van der Waals surface area contributed by atoms with Gasteiger partial charge >= 0.3 is 0 Å². The lowest BCUT2D eigenvalue weighted by atomic mass is 10.0. The molecule has 0 spiro atoms. The Morgan fingerprint density at radius 2 is 1.80 bits per heavy atom. The molecule has 0 saturated carbocycles. The summed E-state index contributed by atoms with van der Waals surface area (Å²) in [6, 6.07) is 18.6. The van der Waals surface area contributed by atoms with Gasteiger partial charge in [0.1, 0.15) is 11.2 Å². The Bertz CT molecular complexity index is 1670. The summed E-state index contributed by atoms with van der Waals surface area (Å²) in [6.45, 7) is 3.80. The molecule has 1 saturated heterocycles. The highest BCUT2D eigenvalue weighted by atomic mass is 16.3. The second-order valence-corrected chi connectivity index (χ2v) is 9.59. The number of aromatic nitrogens is 6. The minimum absolute atomic E-state index is 0.153. The average molecular weight is 538 g/mol. The van der Waals surface area contributed by atoms with Gasteiger partial charge in [-0.05, 0) is 41.1 Å². The van der Waals surface area contributed by atoms with Crippen molar-refractivity contribution in [1.82, 2.24) is 40.0 Å². The maximum absolute atomic E-state index is 13.4. The number of rotatable bonds is 6. The number of tetrazole rings is 1. The van der Waals surface area contributed by atoms with E-state index in [0.29, 0.717) is 65.9 Å². The average Bonchev–Trinajstić information content (AvgIpc) is 3.59. The number of hydrogen-bond donors (Lipinski definition) is 1. The van der Waals surface area contributed by atoms with Crippen molar-refractivity contribution in [1.29, 1.82) is 0 Å². The Morgan fingerprint density at radius 1 is 1.00 bits per heavy atom. The molecule has 12 heteroatoms. The van der Waals surface area contributed by atoms with Crippen LogP contribution in [-0.2, 0) is 11.8 Å². The van der Waals surface area contributed by atoms with Crippen LogP contribution in [0.25, 0.3) is 22.6 Å². The summed E-state index contributed by atoms with van der Waals surface area (Å²) in [5, 5.41) is 15.5. The Kier molecular flexibility index (Phi) is 6.74. The van der Waals surface area contributed by atoms with Crippen LogP contribution in [0.5, 0.6) is 0 Å². The molecular weight excluding hydrogens is 510 g/mol. The summed E-state index contributed by atoms with van der Waals surface area (Å²) in [6.07, 6.45) is 1.58. The molecule has 40 heavy (non-hydrogen) atoms. The third kappa shape index (κ3) is 5.16. The van der Waals surface area contributed by atoms with E-state index in [2.05, 4.69) is 47.7 Å². The first-order valence-electron chi connectivity index (χ1n) is 12.9. The van der Waals surface area contributed by atoms with Crippen molar-refractivity contribution in [2.75, 3.05) is 31.5 Å². The lowest BCUT2D eigenvalue weighted by Gasteiger charge is -2.38. The zero-order valence-corrected chi connectivity index (χ0v) is 22.1. The first-order chi connectivity index (χ1) is 19.4. The molecule has 1 aliphatic rings. The molecule has 5 aromatic rings. The molecule has 0 radical (unpaired) electrons. The zero-order valence-electron chi connectivity index (χ0n) is 22.1. The van der Waals surface area contributed by atoms with E-state index in [-0.39, 0.29) is 17.9 Å². The van der Waals surface area contributed by atoms with E-state index < -0.39 is 0 Å². The lowest BCUT2D eigenvalue weighted by Crippen LogP contribution is -2.50. The van der Waals surface area contributed by atoms with E-state index >= 15 is 0 Å². The molecule has 0 bridgehead atoms. The van der Waals surface area contributed by atoms with Crippen LogP contribution in [0.2, 0.25) is 0 Å². The van der Waals surface area contributed by atoms with Crippen LogP contribution in [0.1, 0.15) is 34.8 Å². The molecule has 2 aromatic carbocycles. The summed E-state index contributed by atoms with van der Waals surface area (Å²) in [7, 11) is 1.75. The summed E-state index contributed by atoms with van der Waals surface area (Å²) in [4.78, 5) is 39.3. The molecule has 0 aliphatic carbocycles. The van der Waals surface area contributed by atoms with Gasteiger partial charge in [-0.25, -0.2) is 4.98 Å². The lowest BCUT2D eigenvalue weighted by molar-refractivity contribution is -0.114. The van der Waals surface area contributed by atoms with Crippen LogP contribution in [0.3, 0.4) is 0 Å². The fraction of sp³-hybridized carbons (Fsp3) is 0.250. The monoisotopic (exact) mass is 537 g/mol. The number of nitrogens with one attached hydrogen (secondary N) is 1. The third-order valence-electron chi connectivity index (χ3n) is 6.78. The quantitative estimate of drug-likeness (QED) is 0.347. The van der Waals surface area contributed by atoms with Crippen molar-refractivity contribution in [2.45, 2.75) is 13.0 Å². The van der Waals surface area contributed by atoms with Gasteiger partial charge in [0, 0.05) is 50.6 Å². The first-order valence-corrected chi connectivity index (χ1v) is 12.9. The van der Waals surface area contributed by atoms with Crippen molar-refractivity contribution in [3.63, 3.8) is 0 Å². The van der Waals surface area contributed by atoms with E-state index in [9.17, 15) is 9.59 Å². The highest BCUT2D eigenvalue weighted by Gasteiger charge is 2.31. The number of benzene rings is 2. The number of fused-ring (bicyclic) bond motifs is 1. The Balaban J connectivity index is 1.18. The van der Waals surface area contributed by atoms with E-state index in [1.165, 1.54) is 11.7 Å². The second kappa shape index (κ2) is 10.7. The van der Waals surface area contributed by atoms with Gasteiger partial charge in [-0.1, -0.05) is 30.3 Å². The van der Waals surface area contributed by atoms with E-state index in [1.807, 2.05) is 18.2 Å². The standard InChI is InChI=1S/C28H27N9O3/c1-18(38)30-21-8-9-24-22(17-21)31-27(40-24)20-10-11-29-23(16-20)28(39)37-14-12-36(13-15-37)25(19-6-4-3-5-7-19)26-32-34-35(2)33-26/h3-11,16-17,25H,12-15H2,1-2H3,(H,30,38)/t25-/m0/s1. The number of carbonyl (C=O) groups is 2. The van der Waals surface area contributed by atoms with Crippen molar-refractivity contribution in [3.05, 3.63) is 83.9 Å². The maximum atomic E-state index is 13.4. The van der Waals surface area contributed by atoms with Gasteiger partial charge in [-0.15, -0.1) is 10.2 Å². The van der Waals surface area contributed by atoms with Crippen molar-refractivity contribution in [2.24, 2.45) is 7.05 Å². The SMILES string of the molecule is CC(=O)Nc1ccc2oc(-c3ccnc(C(=O)N4CCN([C@@H](c5ccccc5)c5nnn(C)n5)CC4)c3)nc2c1. The molecule has 4 heterocycles. The molecule has 2 amide bonds. The minimum atomic E-state index is -0.165. The van der Waals surface area contributed by atoms with E-state index in [4.69, 9.17) is 4.42 Å². The highest BCUT2D eigenvalue weighted by Crippen LogP contribution is 2.29. The minimum Gasteiger partial charge on any atom is -0.436 e. The van der Waals surface area contributed by atoms with Crippen LogP contribution in [0.4, 0.5) is 5.69 Å². The van der Waals surface area contributed by atoms with Gasteiger partial charge in [-0.3, -0.25) is 19.5 Å². The van der Waals surface area contributed by atoms with Gasteiger partial charge in [0.15, 0.2) is 11.4 Å². The first kappa shape index (κ1) is 25.3. The number of amides is 2. The number of hydrogen-bond acceptors (Lipinski definition) is 9. The smallest absolute Gasteiger partial charge is 0.272 e. The molecule has 202 valence electrons. The predicted molar refractivity (Wildman–Crippen MR) is 146 cm³/mol. The van der Waals surface area contributed by atoms with E-state index in [0.717, 1.165) is 5.56 Å². The van der Waals surface area contributed by atoms with Crippen LogP contribution in [-0.4, -0.2) is 78.0 Å². The summed E-state index contributed by atoms with van der Waals surface area (Å²) < 4.78 is 5.92. The molecule has 6 rings (SSSR count). The van der Waals surface area contributed by atoms with Gasteiger partial charge < -0.3 is 14.6 Å². The normalized spacial score (nSPS) is 14.8. The third-order valence-corrected chi connectivity index (χ3v) is 6.78. The van der Waals surface area contributed by atoms with Crippen molar-refractivity contribution >= 4 is 28.6 Å². The Morgan fingerprint density at radius 3 is 2.52 bits per heavy atom. The number of carbonyl (C=O) groups excluding carboxylic acids is 2. The molecule has 1 N–H and O–H groups in total. The number of piperazine rings is 1. The summed E-state index contributed by atoms with van der Waals surface area (Å²) in [5.41, 5.74) is 3.86. The maximum Gasteiger partial charge on any atom is 0.272 e. The molecular formula is C28H27N9O3. The number of pyridine rings is 1. The van der Waals surface area contributed by atoms with Gasteiger partial charge in [0.25, 0.3) is 5.91 Å². The van der Waals surface area contributed by atoms with Crippen LogP contribution < -0.4 is 5.32 Å². The predicted octanol–water partition coefficient (Wildman–Crippen LogP) is 2.92. The fourth-order valence-electron chi connectivity index (χ4n) is 4.92. The van der Waals surface area contributed by atoms with Crippen molar-refractivity contribution in [3.8, 4) is 11.5 Å². The largest absolute Gasteiger partial charge is 0.436 e. The van der Waals surface area contributed by atoms with Gasteiger partial charge in [0.2, 0.25) is 11.8 Å². The van der Waals surface area contributed by atoms with E-state index in [1.54, 1.807) is 48.5 Å². The van der Waals surface area contributed by atoms with Crippen LogP contribution >= 0.6 is 0 Å². The molecule has 1 atom stereocenters. The fourth-order valence-corrected chi connectivity index (χ4v) is 4.92. The summed E-state index contributed by atoms with van der Waals surface area (Å²) in [5.74, 6) is 0.686. The Hall–Kier alpha value is -4.97. The molecule has 0 unspecified atom stereocenters. The number of oxazole rings is 1. The molecule has 3 aromatic heterocycles. The number of aryl methyl sites for hydroxylation is 1. The molecule has 12 nitrogen and oxygen atoms in total. The highest BCUT2D eigenvalue weighted by molar-refractivity contribution is 5.94. The number of nitrogens with zero attached hydrogens (tertiary/aromatic N) is 8. The number of anilines is 1. The van der Waals surface area contributed by atoms with Crippen LogP contribution in [0.15, 0.2) is 71.3 Å². The molecule has 1 aliphatic heterocycles. The second-order valence-electron chi connectivity index (χ2n) is 9.59. The van der Waals surface area contributed by atoms with Crippen molar-refractivity contribution < 1.29 is 14.0 Å². The molecule has 1 fully saturated rings. The summed E-state index contributed by atoms with van der Waals surface area (Å²) >= 11 is 0. The van der Waals surface area contributed by atoms with Gasteiger partial charge in [-0.2, -0.15) is 4.80 Å². The zero-order chi connectivity index (χ0) is 27.6.